The lowest BCUT2D eigenvalue weighted by Gasteiger charge is -2.01. The van der Waals surface area contributed by atoms with Gasteiger partial charge in [0.2, 0.25) is 0 Å². The number of halogens is 2. The maximum Gasteiger partial charge on any atom is 0.171 e. The molecule has 3 nitrogen and oxygen atoms in total. The van der Waals surface area contributed by atoms with E-state index in [9.17, 15) is 0 Å². The first-order chi connectivity index (χ1) is 5.15. The van der Waals surface area contributed by atoms with Crippen molar-refractivity contribution in [3.63, 3.8) is 0 Å². The molecular formula is C6H5BrClNO2. The molecule has 0 aromatic carbocycles. The highest BCUT2D eigenvalue weighted by Crippen LogP contribution is 2.26. The fraction of sp³-hybridized carbons (Fsp3) is 0.167. The van der Waals surface area contributed by atoms with Crippen LogP contribution >= 0.6 is 27.5 Å². The normalized spacial score (nSPS) is 10.1. The molecule has 0 aliphatic carbocycles. The van der Waals surface area contributed by atoms with Gasteiger partial charge in [-0.15, -0.1) is 0 Å². The number of nitrogens with zero attached hydrogens (tertiary/aromatic N) is 1. The number of aliphatic hydroxyl groups is 1. The van der Waals surface area contributed by atoms with Crippen molar-refractivity contribution in [3.8, 4) is 5.75 Å². The Bertz CT molecular complexity index is 280. The highest BCUT2D eigenvalue weighted by Gasteiger charge is 2.05. The summed E-state index contributed by atoms with van der Waals surface area (Å²) in [6, 6.07) is 1.39. The van der Waals surface area contributed by atoms with Crippen LogP contribution in [-0.4, -0.2) is 15.2 Å². The lowest BCUT2D eigenvalue weighted by atomic mass is 10.3. The summed E-state index contributed by atoms with van der Waals surface area (Å²) >= 11 is 8.57. The topological polar surface area (TPSA) is 53.4 Å². The first kappa shape index (κ1) is 8.77. The summed E-state index contributed by atoms with van der Waals surface area (Å²) in [4.78, 5) is 3.71. The van der Waals surface area contributed by atoms with Crippen LogP contribution in [0.5, 0.6) is 5.75 Å². The minimum Gasteiger partial charge on any atom is -0.505 e. The molecule has 0 amide bonds. The number of aromatic nitrogens is 1. The molecular weight excluding hydrogens is 233 g/mol. The third-order valence-electron chi connectivity index (χ3n) is 1.13. The Morgan fingerprint density at radius 2 is 2.27 bits per heavy atom. The van der Waals surface area contributed by atoms with E-state index in [-0.39, 0.29) is 17.5 Å². The fourth-order valence-corrected chi connectivity index (χ4v) is 1.19. The molecule has 1 aromatic rings. The maximum atomic E-state index is 9.01. The summed E-state index contributed by atoms with van der Waals surface area (Å²) < 4.78 is 0.543. The molecule has 0 radical (unpaired) electrons. The van der Waals surface area contributed by atoms with Crippen LogP contribution < -0.4 is 0 Å². The van der Waals surface area contributed by atoms with Gasteiger partial charge in [0.05, 0.1) is 12.3 Å². The van der Waals surface area contributed by atoms with E-state index < -0.39 is 0 Å². The number of pyridine rings is 1. The average Bonchev–Trinajstić information content (AvgIpc) is 1.97. The maximum absolute atomic E-state index is 9.01. The van der Waals surface area contributed by atoms with Gasteiger partial charge in [-0.25, -0.2) is 4.98 Å². The Kier molecular flexibility index (Phi) is 2.70. The molecule has 1 aromatic heterocycles. The summed E-state index contributed by atoms with van der Waals surface area (Å²) in [5, 5.41) is 17.7. The van der Waals surface area contributed by atoms with E-state index in [2.05, 4.69) is 20.9 Å². The molecule has 0 saturated carbocycles. The van der Waals surface area contributed by atoms with Crippen LogP contribution in [-0.2, 0) is 6.61 Å². The highest BCUT2D eigenvalue weighted by atomic mass is 79.9. The minimum atomic E-state index is -0.208. The van der Waals surface area contributed by atoms with Gasteiger partial charge in [-0.2, -0.15) is 0 Å². The van der Waals surface area contributed by atoms with Gasteiger partial charge in [-0.05, 0) is 22.0 Å². The van der Waals surface area contributed by atoms with Crippen molar-refractivity contribution in [2.75, 3.05) is 0 Å². The van der Waals surface area contributed by atoms with Crippen molar-refractivity contribution in [1.29, 1.82) is 0 Å². The summed E-state index contributed by atoms with van der Waals surface area (Å²) in [5.41, 5.74) is 0.410. The Hall–Kier alpha value is -0.320. The Morgan fingerprint density at radius 1 is 1.64 bits per heavy atom. The number of hydrogen-bond acceptors (Lipinski definition) is 3. The second-order valence-electron chi connectivity index (χ2n) is 1.88. The van der Waals surface area contributed by atoms with Gasteiger partial charge in [0.25, 0.3) is 0 Å². The molecule has 0 fully saturated rings. The summed E-state index contributed by atoms with van der Waals surface area (Å²) in [5.74, 6) is -0.101. The zero-order chi connectivity index (χ0) is 8.43. The summed E-state index contributed by atoms with van der Waals surface area (Å²) in [6.45, 7) is -0.208. The Morgan fingerprint density at radius 3 is 2.82 bits per heavy atom. The molecule has 1 rings (SSSR count). The zero-order valence-electron chi connectivity index (χ0n) is 5.38. The van der Waals surface area contributed by atoms with Gasteiger partial charge < -0.3 is 10.2 Å². The number of rotatable bonds is 1. The van der Waals surface area contributed by atoms with Crippen molar-refractivity contribution >= 4 is 27.5 Å². The second kappa shape index (κ2) is 3.38. The summed E-state index contributed by atoms with van der Waals surface area (Å²) in [6.07, 6.45) is 0. The fourth-order valence-electron chi connectivity index (χ4n) is 0.603. The van der Waals surface area contributed by atoms with E-state index in [1.54, 1.807) is 0 Å². The van der Waals surface area contributed by atoms with Crippen LogP contribution in [0.1, 0.15) is 5.69 Å². The van der Waals surface area contributed by atoms with E-state index in [4.69, 9.17) is 21.8 Å². The highest BCUT2D eigenvalue weighted by molar-refractivity contribution is 9.10. The van der Waals surface area contributed by atoms with Gasteiger partial charge in [0, 0.05) is 4.47 Å². The molecule has 1 heterocycles. The van der Waals surface area contributed by atoms with Crippen LogP contribution in [0.15, 0.2) is 10.5 Å². The van der Waals surface area contributed by atoms with Crippen molar-refractivity contribution in [3.05, 3.63) is 21.4 Å². The molecule has 5 heteroatoms. The lowest BCUT2D eigenvalue weighted by molar-refractivity contribution is 0.275. The lowest BCUT2D eigenvalue weighted by Crippen LogP contribution is -1.90. The van der Waals surface area contributed by atoms with Crippen LogP contribution in [0.4, 0.5) is 0 Å². The first-order valence-electron chi connectivity index (χ1n) is 2.80. The number of hydrogen-bond donors (Lipinski definition) is 2. The largest absolute Gasteiger partial charge is 0.505 e. The SMILES string of the molecule is OCc1nc(Cl)c(O)cc1Br. The Labute approximate surface area is 76.8 Å². The van der Waals surface area contributed by atoms with E-state index in [1.165, 1.54) is 6.07 Å². The zero-order valence-corrected chi connectivity index (χ0v) is 7.72. The van der Waals surface area contributed by atoms with E-state index in [1.807, 2.05) is 0 Å². The van der Waals surface area contributed by atoms with Crippen LogP contribution in [0.3, 0.4) is 0 Å². The van der Waals surface area contributed by atoms with Crippen molar-refractivity contribution in [1.82, 2.24) is 4.98 Å². The van der Waals surface area contributed by atoms with Crippen LogP contribution in [0, 0.1) is 0 Å². The smallest absolute Gasteiger partial charge is 0.171 e. The molecule has 0 bridgehead atoms. The molecule has 0 spiro atoms. The van der Waals surface area contributed by atoms with Crippen molar-refractivity contribution in [2.45, 2.75) is 6.61 Å². The molecule has 0 aliphatic rings. The van der Waals surface area contributed by atoms with Crippen molar-refractivity contribution < 1.29 is 10.2 Å². The van der Waals surface area contributed by atoms with E-state index in [0.717, 1.165) is 0 Å². The van der Waals surface area contributed by atoms with Crippen LogP contribution in [0.2, 0.25) is 5.15 Å². The van der Waals surface area contributed by atoms with Gasteiger partial charge in [0.1, 0.15) is 0 Å². The monoisotopic (exact) mass is 237 g/mol. The summed E-state index contributed by atoms with van der Waals surface area (Å²) in [7, 11) is 0. The molecule has 11 heavy (non-hydrogen) atoms. The van der Waals surface area contributed by atoms with Gasteiger partial charge >= 0.3 is 0 Å². The van der Waals surface area contributed by atoms with Crippen LogP contribution in [0.25, 0.3) is 0 Å². The molecule has 60 valence electrons. The standard InChI is InChI=1S/C6H5BrClNO2/c7-3-1-5(11)6(8)9-4(3)2-10/h1,10-11H,2H2. The molecule has 0 atom stereocenters. The molecule has 0 aliphatic heterocycles. The molecule has 2 N–H and O–H groups in total. The predicted molar refractivity (Wildman–Crippen MR) is 44.5 cm³/mol. The van der Waals surface area contributed by atoms with Gasteiger partial charge in [0.15, 0.2) is 10.9 Å². The van der Waals surface area contributed by atoms with E-state index in [0.29, 0.717) is 10.2 Å². The first-order valence-corrected chi connectivity index (χ1v) is 3.97. The predicted octanol–water partition coefficient (Wildman–Crippen LogP) is 1.70. The second-order valence-corrected chi connectivity index (χ2v) is 3.10. The quantitative estimate of drug-likeness (QED) is 0.732. The minimum absolute atomic E-state index is 0.00255. The Balaban J connectivity index is 3.21. The van der Waals surface area contributed by atoms with Gasteiger partial charge in [-0.1, -0.05) is 11.6 Å². The van der Waals surface area contributed by atoms with Crippen molar-refractivity contribution in [2.24, 2.45) is 0 Å². The number of aromatic hydroxyl groups is 1. The third kappa shape index (κ3) is 1.83. The third-order valence-corrected chi connectivity index (χ3v) is 2.10. The van der Waals surface area contributed by atoms with E-state index >= 15 is 0 Å². The molecule has 0 unspecified atom stereocenters. The van der Waals surface area contributed by atoms with Gasteiger partial charge in [-0.3, -0.25) is 0 Å². The molecule has 0 saturated heterocycles. The number of aliphatic hydroxyl groups excluding tert-OH is 1. The average molecular weight is 238 g/mol.